The van der Waals surface area contributed by atoms with Crippen molar-refractivity contribution in [2.75, 3.05) is 12.4 Å². The summed E-state index contributed by atoms with van der Waals surface area (Å²) in [6, 6.07) is 11.2. The lowest BCUT2D eigenvalue weighted by Crippen LogP contribution is -2.13. The molecule has 1 aromatic carbocycles. The first-order valence-corrected chi connectivity index (χ1v) is 7.95. The SMILES string of the molecule is COc1ccc(-c2cnc(CCC(=O)Nc3ccc(C)cn3)o2)cc1. The van der Waals surface area contributed by atoms with Gasteiger partial charge in [0.15, 0.2) is 11.7 Å². The molecule has 2 aromatic heterocycles. The smallest absolute Gasteiger partial charge is 0.226 e. The van der Waals surface area contributed by atoms with Crippen molar-refractivity contribution in [1.82, 2.24) is 9.97 Å². The molecule has 2 heterocycles. The normalized spacial score (nSPS) is 10.5. The molecule has 0 atom stereocenters. The number of pyridine rings is 1. The van der Waals surface area contributed by atoms with Crippen LogP contribution in [0.4, 0.5) is 5.82 Å². The molecule has 3 aromatic rings. The molecule has 0 saturated carbocycles. The lowest BCUT2D eigenvalue weighted by Gasteiger charge is -2.03. The van der Waals surface area contributed by atoms with Crippen LogP contribution in [0.1, 0.15) is 17.9 Å². The van der Waals surface area contributed by atoms with Crippen LogP contribution in [0, 0.1) is 6.92 Å². The molecule has 0 spiro atoms. The van der Waals surface area contributed by atoms with Crippen molar-refractivity contribution in [1.29, 1.82) is 0 Å². The Hall–Kier alpha value is -3.15. The summed E-state index contributed by atoms with van der Waals surface area (Å²) in [4.78, 5) is 20.4. The first-order chi connectivity index (χ1) is 12.1. The number of hydrogen-bond donors (Lipinski definition) is 1. The topological polar surface area (TPSA) is 77.2 Å². The molecule has 6 heteroatoms. The van der Waals surface area contributed by atoms with Crippen molar-refractivity contribution >= 4 is 11.7 Å². The van der Waals surface area contributed by atoms with Gasteiger partial charge in [-0.2, -0.15) is 0 Å². The summed E-state index contributed by atoms with van der Waals surface area (Å²) < 4.78 is 10.8. The van der Waals surface area contributed by atoms with E-state index >= 15 is 0 Å². The van der Waals surface area contributed by atoms with E-state index in [2.05, 4.69) is 15.3 Å². The van der Waals surface area contributed by atoms with E-state index in [1.165, 1.54) is 0 Å². The number of aromatic nitrogens is 2. The average molecular weight is 337 g/mol. The maximum absolute atomic E-state index is 12.0. The molecule has 0 fully saturated rings. The Morgan fingerprint density at radius 1 is 1.12 bits per heavy atom. The second kappa shape index (κ2) is 7.61. The van der Waals surface area contributed by atoms with Crippen LogP contribution in [0.25, 0.3) is 11.3 Å². The zero-order chi connectivity index (χ0) is 17.6. The fraction of sp³-hybridized carbons (Fsp3) is 0.211. The highest BCUT2D eigenvalue weighted by molar-refractivity contribution is 5.89. The maximum atomic E-state index is 12.0. The Kier molecular flexibility index (Phi) is 5.09. The molecule has 3 rings (SSSR count). The molecule has 128 valence electrons. The number of benzene rings is 1. The number of hydrogen-bond acceptors (Lipinski definition) is 5. The molecule has 25 heavy (non-hydrogen) atoms. The van der Waals surface area contributed by atoms with Gasteiger partial charge in [-0.15, -0.1) is 0 Å². The predicted molar refractivity (Wildman–Crippen MR) is 94.4 cm³/mol. The second-order valence-electron chi connectivity index (χ2n) is 5.62. The van der Waals surface area contributed by atoms with E-state index in [1.54, 1.807) is 25.6 Å². The minimum Gasteiger partial charge on any atom is -0.497 e. The fourth-order valence-corrected chi connectivity index (χ4v) is 2.28. The largest absolute Gasteiger partial charge is 0.497 e. The third-order valence-corrected chi connectivity index (χ3v) is 3.67. The molecule has 0 aliphatic heterocycles. The Balaban J connectivity index is 1.55. The van der Waals surface area contributed by atoms with Crippen LogP contribution in [0.3, 0.4) is 0 Å². The van der Waals surface area contributed by atoms with E-state index in [0.29, 0.717) is 23.9 Å². The van der Waals surface area contributed by atoms with Gasteiger partial charge >= 0.3 is 0 Å². The van der Waals surface area contributed by atoms with E-state index in [4.69, 9.17) is 9.15 Å². The standard InChI is InChI=1S/C19H19N3O3/c1-13-3-8-17(20-11-13)22-18(23)9-10-19-21-12-16(25-19)14-4-6-15(24-2)7-5-14/h3-8,11-12H,9-10H2,1-2H3,(H,20,22,23). The lowest BCUT2D eigenvalue weighted by molar-refractivity contribution is -0.116. The van der Waals surface area contributed by atoms with Crippen molar-refractivity contribution in [3.05, 3.63) is 60.2 Å². The van der Waals surface area contributed by atoms with Gasteiger partial charge in [-0.05, 0) is 42.8 Å². The van der Waals surface area contributed by atoms with E-state index in [-0.39, 0.29) is 12.3 Å². The molecule has 0 unspecified atom stereocenters. The highest BCUT2D eigenvalue weighted by atomic mass is 16.5. The van der Waals surface area contributed by atoms with E-state index in [1.807, 2.05) is 37.3 Å². The Labute approximate surface area is 145 Å². The molecule has 0 aliphatic rings. The summed E-state index contributed by atoms with van der Waals surface area (Å²) >= 11 is 0. The zero-order valence-corrected chi connectivity index (χ0v) is 14.2. The van der Waals surface area contributed by atoms with Crippen molar-refractivity contribution in [2.24, 2.45) is 0 Å². The number of methoxy groups -OCH3 is 1. The van der Waals surface area contributed by atoms with Crippen LogP contribution in [0.15, 0.2) is 53.2 Å². The summed E-state index contributed by atoms with van der Waals surface area (Å²) in [6.07, 6.45) is 4.08. The number of oxazole rings is 1. The minimum absolute atomic E-state index is 0.124. The zero-order valence-electron chi connectivity index (χ0n) is 14.2. The van der Waals surface area contributed by atoms with Crippen LogP contribution in [-0.2, 0) is 11.2 Å². The van der Waals surface area contributed by atoms with Gasteiger partial charge in [-0.25, -0.2) is 9.97 Å². The van der Waals surface area contributed by atoms with Crippen LogP contribution in [-0.4, -0.2) is 23.0 Å². The lowest BCUT2D eigenvalue weighted by atomic mass is 10.2. The quantitative estimate of drug-likeness (QED) is 0.743. The van der Waals surface area contributed by atoms with Crippen molar-refractivity contribution in [2.45, 2.75) is 19.8 Å². The molecular weight excluding hydrogens is 318 g/mol. The number of ether oxygens (including phenoxy) is 1. The predicted octanol–water partition coefficient (Wildman–Crippen LogP) is 3.62. The molecule has 6 nitrogen and oxygen atoms in total. The first-order valence-electron chi connectivity index (χ1n) is 7.95. The van der Waals surface area contributed by atoms with Gasteiger partial charge in [0.1, 0.15) is 11.6 Å². The summed E-state index contributed by atoms with van der Waals surface area (Å²) in [7, 11) is 1.62. The van der Waals surface area contributed by atoms with Gasteiger partial charge in [-0.3, -0.25) is 4.79 Å². The first kappa shape index (κ1) is 16.7. The number of nitrogens with one attached hydrogen (secondary N) is 1. The van der Waals surface area contributed by atoms with Crippen LogP contribution in [0.5, 0.6) is 5.75 Å². The van der Waals surface area contributed by atoms with Crippen molar-refractivity contribution < 1.29 is 13.9 Å². The van der Waals surface area contributed by atoms with Gasteiger partial charge in [-0.1, -0.05) is 6.07 Å². The molecule has 0 bridgehead atoms. The third-order valence-electron chi connectivity index (χ3n) is 3.67. The molecule has 1 amide bonds. The Bertz CT molecular complexity index is 839. The van der Waals surface area contributed by atoms with Crippen molar-refractivity contribution in [3.63, 3.8) is 0 Å². The van der Waals surface area contributed by atoms with E-state index in [9.17, 15) is 4.79 Å². The van der Waals surface area contributed by atoms with Gasteiger partial charge < -0.3 is 14.5 Å². The molecular formula is C19H19N3O3. The van der Waals surface area contributed by atoms with Gasteiger partial charge in [0.2, 0.25) is 5.91 Å². The number of carbonyl (C=O) groups is 1. The summed E-state index contributed by atoms with van der Waals surface area (Å²) in [5.41, 5.74) is 1.96. The highest BCUT2D eigenvalue weighted by Crippen LogP contribution is 2.23. The van der Waals surface area contributed by atoms with Gasteiger partial charge in [0.25, 0.3) is 0 Å². The third kappa shape index (κ3) is 4.44. The maximum Gasteiger partial charge on any atom is 0.226 e. The number of carbonyl (C=O) groups excluding carboxylic acids is 1. The molecule has 1 N–H and O–H groups in total. The van der Waals surface area contributed by atoms with Crippen molar-refractivity contribution in [3.8, 4) is 17.1 Å². The van der Waals surface area contributed by atoms with Crippen LogP contribution >= 0.6 is 0 Å². The Morgan fingerprint density at radius 3 is 2.60 bits per heavy atom. The molecule has 0 radical (unpaired) electrons. The monoisotopic (exact) mass is 337 g/mol. The average Bonchev–Trinajstić information content (AvgIpc) is 3.11. The van der Waals surface area contributed by atoms with E-state index < -0.39 is 0 Å². The molecule has 0 saturated heterocycles. The Morgan fingerprint density at radius 2 is 1.92 bits per heavy atom. The van der Waals surface area contributed by atoms with Gasteiger partial charge in [0, 0.05) is 24.6 Å². The summed E-state index contributed by atoms with van der Waals surface area (Å²) in [6.45, 7) is 1.95. The van der Waals surface area contributed by atoms with Gasteiger partial charge in [0.05, 0.1) is 13.3 Å². The minimum atomic E-state index is -0.124. The number of aryl methyl sites for hydroxylation is 2. The van der Waals surface area contributed by atoms with Crippen LogP contribution in [0.2, 0.25) is 0 Å². The highest BCUT2D eigenvalue weighted by Gasteiger charge is 2.10. The summed E-state index contributed by atoms with van der Waals surface area (Å²) in [5, 5.41) is 2.76. The number of nitrogens with zero attached hydrogens (tertiary/aromatic N) is 2. The number of rotatable bonds is 6. The fourth-order valence-electron chi connectivity index (χ4n) is 2.28. The van der Waals surface area contributed by atoms with Crippen LogP contribution < -0.4 is 10.1 Å². The number of anilines is 1. The number of amides is 1. The summed E-state index contributed by atoms with van der Waals surface area (Å²) in [5.74, 6) is 2.39. The second-order valence-corrected chi connectivity index (χ2v) is 5.62. The van der Waals surface area contributed by atoms with E-state index in [0.717, 1.165) is 16.9 Å². The molecule has 0 aliphatic carbocycles.